The Balaban J connectivity index is 1.47. The molecule has 1 atom stereocenters. The molecule has 0 radical (unpaired) electrons. The molecule has 210 valence electrons. The molecule has 0 unspecified atom stereocenters. The molecular formula is C27H22Cl2F2N2O7. The third kappa shape index (κ3) is 6.48. The molecule has 1 fully saturated rings. The number of para-hydroxylation sites is 2. The lowest BCUT2D eigenvalue weighted by Gasteiger charge is -2.21. The van der Waals surface area contributed by atoms with Gasteiger partial charge < -0.3 is 23.8 Å². The van der Waals surface area contributed by atoms with Crippen molar-refractivity contribution in [3.8, 4) is 11.5 Å². The van der Waals surface area contributed by atoms with E-state index in [0.717, 1.165) is 29.8 Å². The molecule has 9 nitrogen and oxygen atoms in total. The Morgan fingerprint density at radius 2 is 1.85 bits per heavy atom. The van der Waals surface area contributed by atoms with Gasteiger partial charge in [-0.1, -0.05) is 41.4 Å². The molecular weight excluding hydrogens is 573 g/mol. The lowest BCUT2D eigenvalue weighted by atomic mass is 10.0. The summed E-state index contributed by atoms with van der Waals surface area (Å²) in [5, 5.41) is 11.8. The third-order valence-electron chi connectivity index (χ3n) is 6.31. The zero-order chi connectivity index (χ0) is 28.4. The molecule has 13 heteroatoms. The van der Waals surface area contributed by atoms with E-state index in [1.54, 1.807) is 24.3 Å². The third-order valence-corrected chi connectivity index (χ3v) is 6.96. The summed E-state index contributed by atoms with van der Waals surface area (Å²) < 4.78 is 49.0. The van der Waals surface area contributed by atoms with Gasteiger partial charge in [-0.15, -0.1) is 0 Å². The number of alkyl halides is 2. The highest BCUT2D eigenvalue weighted by molar-refractivity contribution is 6.35. The minimum Gasteiger partial charge on any atom is -0.619 e. The Labute approximate surface area is 236 Å². The van der Waals surface area contributed by atoms with Crippen LogP contribution in [-0.4, -0.2) is 23.8 Å². The van der Waals surface area contributed by atoms with Crippen LogP contribution >= 0.6 is 23.2 Å². The number of carbonyl (C=O) groups is 1. The first-order chi connectivity index (χ1) is 19.2. The van der Waals surface area contributed by atoms with E-state index in [0.29, 0.717) is 39.5 Å². The van der Waals surface area contributed by atoms with Gasteiger partial charge >= 0.3 is 18.3 Å². The number of aromatic nitrogens is 2. The van der Waals surface area contributed by atoms with Crippen LogP contribution < -0.4 is 20.0 Å². The summed E-state index contributed by atoms with van der Waals surface area (Å²) in [6.07, 6.45) is 2.99. The molecule has 4 aromatic rings. The summed E-state index contributed by atoms with van der Waals surface area (Å²) in [5.41, 5.74) is 1.38. The zero-order valence-electron chi connectivity index (χ0n) is 20.7. The van der Waals surface area contributed by atoms with Crippen molar-refractivity contribution in [1.82, 2.24) is 4.57 Å². The molecule has 0 N–H and O–H groups in total. The second-order valence-corrected chi connectivity index (χ2v) is 10.1. The van der Waals surface area contributed by atoms with E-state index in [4.69, 9.17) is 37.1 Å². The number of nitrogens with zero attached hydrogens (tertiary/aromatic N) is 2. The normalized spacial score (nSPS) is 13.9. The Morgan fingerprint density at radius 3 is 2.55 bits per heavy atom. The number of esters is 1. The van der Waals surface area contributed by atoms with E-state index < -0.39 is 31.0 Å². The maximum atomic E-state index is 13.1. The number of ether oxygens (including phenoxy) is 3. The van der Waals surface area contributed by atoms with Crippen LogP contribution in [0.5, 0.6) is 11.5 Å². The van der Waals surface area contributed by atoms with Gasteiger partial charge in [0.05, 0.1) is 12.1 Å². The number of hydrogen-bond acceptors (Lipinski definition) is 7. The van der Waals surface area contributed by atoms with Crippen molar-refractivity contribution < 1.29 is 36.9 Å². The molecule has 0 bridgehead atoms. The van der Waals surface area contributed by atoms with Crippen molar-refractivity contribution in [3.05, 3.63) is 91.8 Å². The molecule has 1 aliphatic carbocycles. The van der Waals surface area contributed by atoms with Crippen molar-refractivity contribution >= 4 is 40.3 Å². The van der Waals surface area contributed by atoms with Crippen LogP contribution in [0.1, 0.15) is 30.1 Å². The molecule has 2 aromatic carbocycles. The number of pyridine rings is 1. The predicted molar refractivity (Wildman–Crippen MR) is 140 cm³/mol. The molecule has 2 heterocycles. The van der Waals surface area contributed by atoms with Gasteiger partial charge in [-0.25, -0.2) is 4.79 Å². The smallest absolute Gasteiger partial charge is 0.420 e. The van der Waals surface area contributed by atoms with Gasteiger partial charge in [0.25, 0.3) is 0 Å². The van der Waals surface area contributed by atoms with E-state index in [1.807, 2.05) is 0 Å². The number of carbonyl (C=O) groups excluding carboxylic acids is 1. The lowest BCUT2D eigenvalue weighted by Crippen LogP contribution is -2.26. The van der Waals surface area contributed by atoms with Crippen LogP contribution in [0.15, 0.2) is 64.1 Å². The Morgan fingerprint density at radius 1 is 1.12 bits per heavy atom. The first-order valence-electron chi connectivity index (χ1n) is 12.2. The highest BCUT2D eigenvalue weighted by Gasteiger charge is 2.27. The minimum absolute atomic E-state index is 0.0310. The molecule has 1 saturated carbocycles. The molecule has 0 aliphatic heterocycles. The Kier molecular flexibility index (Phi) is 8.13. The van der Waals surface area contributed by atoms with Gasteiger partial charge in [0.1, 0.15) is 22.7 Å². The van der Waals surface area contributed by atoms with Gasteiger partial charge in [-0.3, -0.25) is 9.36 Å². The largest absolute Gasteiger partial charge is 0.619 e. The van der Waals surface area contributed by atoms with Crippen molar-refractivity contribution in [2.24, 2.45) is 5.92 Å². The first kappa shape index (κ1) is 27.7. The standard InChI is InChI=1S/C27H22Cl2F2N2O7/c28-18-11-32(36)12-19(29)17(18)10-23(38-25(34)13-33-20-3-1-2-4-21(20)40-27(33)35)16-7-8-22(39-26(30)31)24(9-16)37-14-15-5-6-15/h1-4,7-9,11-12,15,23,26H,5-6,10,13-14H2/t23-/m0/s1. The molecule has 40 heavy (non-hydrogen) atoms. The van der Waals surface area contributed by atoms with Crippen LogP contribution in [0, 0.1) is 11.1 Å². The topological polar surface area (TPSA) is 107 Å². The average molecular weight is 595 g/mol. The minimum atomic E-state index is -3.08. The first-order valence-corrected chi connectivity index (χ1v) is 13.0. The van der Waals surface area contributed by atoms with Gasteiger partial charge in [0.15, 0.2) is 29.5 Å². The average Bonchev–Trinajstić information content (AvgIpc) is 3.67. The lowest BCUT2D eigenvalue weighted by molar-refractivity contribution is -0.605. The monoisotopic (exact) mass is 594 g/mol. The molecule has 0 saturated heterocycles. The predicted octanol–water partition coefficient (Wildman–Crippen LogP) is 5.45. The molecule has 0 amide bonds. The zero-order valence-corrected chi connectivity index (χ0v) is 22.2. The van der Waals surface area contributed by atoms with Crippen LogP contribution in [0.2, 0.25) is 10.0 Å². The fraction of sp³-hybridized carbons (Fsp3) is 0.296. The maximum absolute atomic E-state index is 13.1. The second kappa shape index (κ2) is 11.7. The summed E-state index contributed by atoms with van der Waals surface area (Å²) in [7, 11) is 0. The number of rotatable bonds is 11. The second-order valence-electron chi connectivity index (χ2n) is 9.24. The van der Waals surface area contributed by atoms with Crippen LogP contribution in [0.25, 0.3) is 11.1 Å². The van der Waals surface area contributed by atoms with Crippen molar-refractivity contribution in [2.45, 2.75) is 38.5 Å². The van der Waals surface area contributed by atoms with E-state index in [-0.39, 0.29) is 28.0 Å². The van der Waals surface area contributed by atoms with Crippen molar-refractivity contribution in [3.63, 3.8) is 0 Å². The maximum Gasteiger partial charge on any atom is 0.420 e. The summed E-state index contributed by atoms with van der Waals surface area (Å²) in [6, 6.07) is 10.8. The SMILES string of the molecule is O=C(Cn1c(=O)oc2ccccc21)O[C@@H](Cc1c(Cl)c[n+]([O-])cc1Cl)c1ccc(OC(F)F)c(OCC2CC2)c1. The molecule has 0 spiro atoms. The van der Waals surface area contributed by atoms with Crippen molar-refractivity contribution in [2.75, 3.05) is 6.61 Å². The summed E-state index contributed by atoms with van der Waals surface area (Å²) in [5.74, 6) is -1.35. The van der Waals surface area contributed by atoms with Gasteiger partial charge in [-0.05, 0) is 48.6 Å². The van der Waals surface area contributed by atoms with E-state index >= 15 is 0 Å². The number of halogens is 4. The van der Waals surface area contributed by atoms with E-state index in [2.05, 4.69) is 4.74 Å². The fourth-order valence-corrected chi connectivity index (χ4v) is 4.75. The highest BCUT2D eigenvalue weighted by Crippen LogP contribution is 2.37. The number of benzene rings is 2. The quantitative estimate of drug-likeness (QED) is 0.129. The number of fused-ring (bicyclic) bond motifs is 1. The summed E-state index contributed by atoms with van der Waals surface area (Å²) in [6.45, 7) is -3.24. The molecule has 2 aromatic heterocycles. The Bertz CT molecular complexity index is 1580. The molecule has 5 rings (SSSR count). The van der Waals surface area contributed by atoms with Gasteiger partial charge in [0, 0.05) is 12.0 Å². The Hall–Kier alpha value is -3.83. The summed E-state index contributed by atoms with van der Waals surface area (Å²) >= 11 is 12.6. The number of hydrogen-bond donors (Lipinski definition) is 0. The molecule has 1 aliphatic rings. The van der Waals surface area contributed by atoms with Crippen LogP contribution in [0.3, 0.4) is 0 Å². The highest BCUT2D eigenvalue weighted by atomic mass is 35.5. The van der Waals surface area contributed by atoms with Crippen molar-refractivity contribution in [1.29, 1.82) is 0 Å². The van der Waals surface area contributed by atoms with Crippen LogP contribution in [-0.2, 0) is 22.5 Å². The van der Waals surface area contributed by atoms with E-state index in [1.165, 1.54) is 18.2 Å². The fourth-order valence-electron chi connectivity index (χ4n) is 4.15. The van der Waals surface area contributed by atoms with Gasteiger partial charge in [-0.2, -0.15) is 13.5 Å². The van der Waals surface area contributed by atoms with E-state index in [9.17, 15) is 23.6 Å². The summed E-state index contributed by atoms with van der Waals surface area (Å²) in [4.78, 5) is 25.5. The van der Waals surface area contributed by atoms with Crippen LogP contribution in [0.4, 0.5) is 8.78 Å². The van der Waals surface area contributed by atoms with Gasteiger partial charge in [0.2, 0.25) is 0 Å². The number of oxazole rings is 1.